The second kappa shape index (κ2) is 6.39. The third kappa shape index (κ3) is 2.95. The Morgan fingerprint density at radius 3 is 2.73 bits per heavy atom. The van der Waals surface area contributed by atoms with E-state index in [1.807, 2.05) is 0 Å². The predicted octanol–water partition coefficient (Wildman–Crippen LogP) is 2.35. The highest BCUT2D eigenvalue weighted by molar-refractivity contribution is 5.13. The van der Waals surface area contributed by atoms with Crippen LogP contribution >= 0.6 is 0 Å². The number of nitrogens with one attached hydrogen (secondary N) is 1. The van der Waals surface area contributed by atoms with Crippen molar-refractivity contribution < 1.29 is 14.6 Å². The molecule has 0 aromatic carbocycles. The fourth-order valence-electron chi connectivity index (χ4n) is 4.96. The molecular formula is C18H33NO3. The van der Waals surface area contributed by atoms with Crippen LogP contribution in [0.3, 0.4) is 0 Å². The van der Waals surface area contributed by atoms with E-state index in [1.165, 1.54) is 19.3 Å². The molecule has 4 heteroatoms. The highest BCUT2D eigenvalue weighted by atomic mass is 16.5. The van der Waals surface area contributed by atoms with E-state index in [2.05, 4.69) is 26.1 Å². The van der Waals surface area contributed by atoms with Crippen LogP contribution in [0.25, 0.3) is 0 Å². The van der Waals surface area contributed by atoms with Gasteiger partial charge in [0.1, 0.15) is 0 Å². The quantitative estimate of drug-likeness (QED) is 0.758. The van der Waals surface area contributed by atoms with Crippen LogP contribution in [-0.2, 0) is 9.47 Å². The summed E-state index contributed by atoms with van der Waals surface area (Å²) in [6, 6.07) is 0.536. The van der Waals surface area contributed by atoms with Crippen molar-refractivity contribution >= 4 is 0 Å². The molecule has 0 aromatic rings. The van der Waals surface area contributed by atoms with E-state index in [0.717, 1.165) is 25.4 Å². The van der Waals surface area contributed by atoms with Crippen molar-refractivity contribution in [3.63, 3.8) is 0 Å². The molecule has 3 aliphatic rings. The fraction of sp³-hybridized carbons (Fsp3) is 1.00. The Morgan fingerprint density at radius 2 is 2.14 bits per heavy atom. The minimum absolute atomic E-state index is 0.241. The Labute approximate surface area is 134 Å². The van der Waals surface area contributed by atoms with E-state index in [-0.39, 0.29) is 6.10 Å². The smallest absolute Gasteiger partial charge is 0.0897 e. The third-order valence-corrected chi connectivity index (χ3v) is 7.03. The zero-order valence-electron chi connectivity index (χ0n) is 14.4. The lowest BCUT2D eigenvalue weighted by Crippen LogP contribution is -2.47. The second-order valence-corrected chi connectivity index (χ2v) is 8.40. The summed E-state index contributed by atoms with van der Waals surface area (Å²) >= 11 is 0. The van der Waals surface area contributed by atoms with Gasteiger partial charge < -0.3 is 19.9 Å². The van der Waals surface area contributed by atoms with Gasteiger partial charge in [0.25, 0.3) is 0 Å². The minimum Gasteiger partial charge on any atom is -0.389 e. The van der Waals surface area contributed by atoms with Gasteiger partial charge in [-0.05, 0) is 48.9 Å². The molecule has 2 saturated carbocycles. The van der Waals surface area contributed by atoms with Gasteiger partial charge >= 0.3 is 0 Å². The van der Waals surface area contributed by atoms with Crippen molar-refractivity contribution in [2.24, 2.45) is 16.7 Å². The van der Waals surface area contributed by atoms with Crippen LogP contribution in [0.15, 0.2) is 0 Å². The van der Waals surface area contributed by atoms with Crippen molar-refractivity contribution in [3.8, 4) is 0 Å². The zero-order valence-corrected chi connectivity index (χ0v) is 14.4. The van der Waals surface area contributed by atoms with Crippen molar-refractivity contribution in [2.75, 3.05) is 26.4 Å². The summed E-state index contributed by atoms with van der Waals surface area (Å²) in [7, 11) is 0. The molecule has 0 amide bonds. The number of ether oxygens (including phenoxy) is 2. The van der Waals surface area contributed by atoms with E-state index >= 15 is 0 Å². The molecule has 1 aliphatic heterocycles. The molecule has 0 spiro atoms. The predicted molar refractivity (Wildman–Crippen MR) is 86.8 cm³/mol. The number of aliphatic hydroxyl groups excluding tert-OH is 1. The lowest BCUT2D eigenvalue weighted by atomic mass is 9.69. The first-order valence-electron chi connectivity index (χ1n) is 9.04. The van der Waals surface area contributed by atoms with Crippen LogP contribution in [0.5, 0.6) is 0 Å². The molecule has 1 heterocycles. The Hall–Kier alpha value is -0.160. The van der Waals surface area contributed by atoms with Crippen LogP contribution in [0.1, 0.15) is 52.9 Å². The first-order valence-corrected chi connectivity index (χ1v) is 9.04. The maximum absolute atomic E-state index is 10.1. The average Bonchev–Trinajstić information content (AvgIpc) is 3.10. The van der Waals surface area contributed by atoms with Gasteiger partial charge in [-0.1, -0.05) is 20.8 Å². The standard InChI is InChI=1S/C18H33NO3/c1-17(2)13-6-7-18(17,3)16(9-13)19-10-14(20)11-21-12-15-5-4-8-22-15/h13-16,19-20H,4-12H2,1-3H3/t13-,14-,15-,16+,18-/m0/s1. The Bertz CT molecular complexity index is 381. The molecule has 0 unspecified atom stereocenters. The Morgan fingerprint density at radius 1 is 1.32 bits per heavy atom. The van der Waals surface area contributed by atoms with Crippen LogP contribution < -0.4 is 5.32 Å². The van der Waals surface area contributed by atoms with Gasteiger partial charge in [-0.15, -0.1) is 0 Å². The van der Waals surface area contributed by atoms with Gasteiger partial charge in [-0.25, -0.2) is 0 Å². The lowest BCUT2D eigenvalue weighted by molar-refractivity contribution is -0.0183. The zero-order chi connectivity index (χ0) is 15.8. The maximum atomic E-state index is 10.1. The third-order valence-electron chi connectivity index (χ3n) is 7.03. The molecule has 0 aromatic heterocycles. The van der Waals surface area contributed by atoms with E-state index in [9.17, 15) is 5.11 Å². The molecular weight excluding hydrogens is 278 g/mol. The summed E-state index contributed by atoms with van der Waals surface area (Å²) in [5.41, 5.74) is 0.794. The normalized spacial score (nSPS) is 41.2. The van der Waals surface area contributed by atoms with Crippen LogP contribution in [-0.4, -0.2) is 49.7 Å². The molecule has 22 heavy (non-hydrogen) atoms. The first kappa shape index (κ1) is 16.7. The molecule has 2 aliphatic carbocycles. The molecule has 2 bridgehead atoms. The summed E-state index contributed by atoms with van der Waals surface area (Å²) < 4.78 is 11.1. The number of rotatable bonds is 7. The van der Waals surface area contributed by atoms with Crippen molar-refractivity contribution in [3.05, 3.63) is 0 Å². The minimum atomic E-state index is -0.424. The van der Waals surface area contributed by atoms with Crippen molar-refractivity contribution in [1.82, 2.24) is 5.32 Å². The number of hydrogen-bond donors (Lipinski definition) is 2. The van der Waals surface area contributed by atoms with E-state index < -0.39 is 6.10 Å². The Balaban J connectivity index is 1.37. The SMILES string of the molecule is CC1(C)[C@H]2CC[C@@]1(C)[C@H](NC[C@H](O)COC[C@@H]1CCCO1)C2. The van der Waals surface area contributed by atoms with Gasteiger partial charge in [0.2, 0.25) is 0 Å². The fourth-order valence-corrected chi connectivity index (χ4v) is 4.96. The van der Waals surface area contributed by atoms with Crippen LogP contribution in [0, 0.1) is 16.7 Å². The summed E-state index contributed by atoms with van der Waals surface area (Å²) in [5, 5.41) is 13.8. The van der Waals surface area contributed by atoms with Gasteiger partial charge in [0, 0.05) is 19.2 Å². The maximum Gasteiger partial charge on any atom is 0.0897 e. The molecule has 4 nitrogen and oxygen atoms in total. The monoisotopic (exact) mass is 311 g/mol. The number of fused-ring (bicyclic) bond motifs is 2. The van der Waals surface area contributed by atoms with E-state index in [0.29, 0.717) is 36.6 Å². The lowest BCUT2D eigenvalue weighted by Gasteiger charge is -2.40. The highest BCUT2D eigenvalue weighted by Gasteiger charge is 2.60. The van der Waals surface area contributed by atoms with E-state index in [1.54, 1.807) is 0 Å². The number of aliphatic hydroxyl groups is 1. The largest absolute Gasteiger partial charge is 0.389 e. The summed E-state index contributed by atoms with van der Waals surface area (Å²) in [5.74, 6) is 0.836. The van der Waals surface area contributed by atoms with Gasteiger partial charge in [-0.3, -0.25) is 0 Å². The molecule has 0 radical (unpaired) electrons. The average molecular weight is 311 g/mol. The van der Waals surface area contributed by atoms with Crippen LogP contribution in [0.4, 0.5) is 0 Å². The molecule has 1 saturated heterocycles. The van der Waals surface area contributed by atoms with Crippen molar-refractivity contribution in [1.29, 1.82) is 0 Å². The van der Waals surface area contributed by atoms with E-state index in [4.69, 9.17) is 9.47 Å². The van der Waals surface area contributed by atoms with Gasteiger partial charge in [0.15, 0.2) is 0 Å². The Kier molecular flexibility index (Phi) is 4.84. The first-order chi connectivity index (χ1) is 10.4. The molecule has 3 fully saturated rings. The highest BCUT2D eigenvalue weighted by Crippen LogP contribution is 2.65. The molecule has 3 rings (SSSR count). The second-order valence-electron chi connectivity index (χ2n) is 8.40. The number of hydrogen-bond acceptors (Lipinski definition) is 4. The van der Waals surface area contributed by atoms with Gasteiger partial charge in [0.05, 0.1) is 25.4 Å². The molecule has 128 valence electrons. The van der Waals surface area contributed by atoms with Gasteiger partial charge in [-0.2, -0.15) is 0 Å². The van der Waals surface area contributed by atoms with Crippen molar-refractivity contribution in [2.45, 2.75) is 71.1 Å². The molecule has 5 atom stereocenters. The summed E-state index contributed by atoms with van der Waals surface area (Å²) in [6.07, 6.45) is 5.98. The topological polar surface area (TPSA) is 50.7 Å². The summed E-state index contributed by atoms with van der Waals surface area (Å²) in [6.45, 7) is 9.79. The van der Waals surface area contributed by atoms with Crippen LogP contribution in [0.2, 0.25) is 0 Å². The summed E-state index contributed by atoms with van der Waals surface area (Å²) in [4.78, 5) is 0. The molecule has 2 N–H and O–H groups in total.